The van der Waals surface area contributed by atoms with Crippen LogP contribution in [0.4, 0.5) is 0 Å². The van der Waals surface area contributed by atoms with Crippen LogP contribution in [0.3, 0.4) is 0 Å². The highest BCUT2D eigenvalue weighted by atomic mass is 16.5. The van der Waals surface area contributed by atoms with Crippen LogP contribution in [0.5, 0.6) is 0 Å². The normalized spacial score (nSPS) is 10.2. The molecule has 0 saturated heterocycles. The molecule has 0 atom stereocenters. The lowest BCUT2D eigenvalue weighted by molar-refractivity contribution is 0.0755. The molecule has 0 fully saturated rings. The van der Waals surface area contributed by atoms with E-state index >= 15 is 0 Å². The first-order chi connectivity index (χ1) is 5.75. The Morgan fingerprint density at radius 3 is 3.00 bits per heavy atom. The quantitative estimate of drug-likeness (QED) is 0.635. The molecule has 0 aromatic carbocycles. The number of aryl methyl sites for hydroxylation is 1. The summed E-state index contributed by atoms with van der Waals surface area (Å²) in [5, 5.41) is 0. The Labute approximate surface area is 70.5 Å². The van der Waals surface area contributed by atoms with Gasteiger partial charge in [0.1, 0.15) is 6.61 Å². The van der Waals surface area contributed by atoms with E-state index in [4.69, 9.17) is 9.15 Å². The van der Waals surface area contributed by atoms with Crippen LogP contribution in [0.2, 0.25) is 0 Å². The van der Waals surface area contributed by atoms with E-state index < -0.39 is 0 Å². The van der Waals surface area contributed by atoms with E-state index in [9.17, 15) is 4.79 Å². The molecule has 0 saturated carbocycles. The third-order valence-electron chi connectivity index (χ3n) is 1.44. The van der Waals surface area contributed by atoms with Crippen molar-refractivity contribution in [2.75, 3.05) is 13.2 Å². The highest BCUT2D eigenvalue weighted by Gasteiger charge is 2.12. The maximum Gasteiger partial charge on any atom is 0.225 e. The monoisotopic (exact) mass is 169 g/mol. The Hall–Kier alpha value is -1.16. The van der Waals surface area contributed by atoms with Crippen molar-refractivity contribution in [2.24, 2.45) is 0 Å². The number of aromatic nitrogens is 1. The molecule has 0 aliphatic carbocycles. The van der Waals surface area contributed by atoms with Crippen molar-refractivity contribution in [3.63, 3.8) is 0 Å². The summed E-state index contributed by atoms with van der Waals surface area (Å²) in [6.45, 7) is 4.15. The van der Waals surface area contributed by atoms with Gasteiger partial charge in [0.2, 0.25) is 5.78 Å². The minimum Gasteiger partial charge on any atom is -0.440 e. The average Bonchev–Trinajstić information content (AvgIpc) is 2.47. The van der Waals surface area contributed by atoms with Gasteiger partial charge in [-0.2, -0.15) is 0 Å². The second-order valence-electron chi connectivity index (χ2n) is 2.33. The standard InChI is InChI=1S/C8H11NO3/c1-3-11-4-7(10)8-6(2)9-5-12-8/h5H,3-4H2,1-2H3. The molecule has 66 valence electrons. The summed E-state index contributed by atoms with van der Waals surface area (Å²) in [5.41, 5.74) is 0.611. The van der Waals surface area contributed by atoms with E-state index in [1.165, 1.54) is 6.39 Å². The molecule has 0 aliphatic heterocycles. The SMILES string of the molecule is CCOCC(=O)c1ocnc1C. The van der Waals surface area contributed by atoms with Crippen molar-refractivity contribution in [3.05, 3.63) is 17.8 Å². The van der Waals surface area contributed by atoms with E-state index in [1.807, 2.05) is 6.92 Å². The topological polar surface area (TPSA) is 52.3 Å². The molecule has 12 heavy (non-hydrogen) atoms. The Balaban J connectivity index is 2.59. The highest BCUT2D eigenvalue weighted by molar-refractivity contribution is 5.95. The van der Waals surface area contributed by atoms with Gasteiger partial charge in [-0.25, -0.2) is 4.98 Å². The summed E-state index contributed by atoms with van der Waals surface area (Å²) >= 11 is 0. The van der Waals surface area contributed by atoms with Crippen molar-refractivity contribution >= 4 is 5.78 Å². The van der Waals surface area contributed by atoms with E-state index in [0.29, 0.717) is 18.1 Å². The average molecular weight is 169 g/mol. The van der Waals surface area contributed by atoms with Crippen LogP contribution in [0, 0.1) is 6.92 Å². The molecule has 1 heterocycles. The van der Waals surface area contributed by atoms with Crippen LogP contribution in [-0.4, -0.2) is 24.0 Å². The maximum atomic E-state index is 11.2. The molecule has 0 bridgehead atoms. The fourth-order valence-electron chi connectivity index (χ4n) is 0.830. The van der Waals surface area contributed by atoms with Gasteiger partial charge in [0, 0.05) is 6.61 Å². The highest BCUT2D eigenvalue weighted by Crippen LogP contribution is 2.05. The fraction of sp³-hybridized carbons (Fsp3) is 0.500. The minimum atomic E-state index is -0.160. The number of oxazole rings is 1. The minimum absolute atomic E-state index is 0.0620. The van der Waals surface area contributed by atoms with Gasteiger partial charge in [0.15, 0.2) is 12.2 Å². The summed E-state index contributed by atoms with van der Waals surface area (Å²) in [4.78, 5) is 15.0. The first-order valence-corrected chi connectivity index (χ1v) is 3.76. The van der Waals surface area contributed by atoms with Crippen LogP contribution in [0.15, 0.2) is 10.8 Å². The first kappa shape index (κ1) is 8.93. The van der Waals surface area contributed by atoms with Crippen molar-refractivity contribution < 1.29 is 13.9 Å². The zero-order chi connectivity index (χ0) is 8.97. The summed E-state index contributed by atoms with van der Waals surface area (Å²) < 4.78 is 9.82. The third kappa shape index (κ3) is 1.92. The van der Waals surface area contributed by atoms with Gasteiger partial charge >= 0.3 is 0 Å². The van der Waals surface area contributed by atoms with E-state index in [0.717, 1.165) is 0 Å². The number of carbonyl (C=O) groups is 1. The van der Waals surface area contributed by atoms with Crippen molar-refractivity contribution in [2.45, 2.75) is 13.8 Å². The summed E-state index contributed by atoms with van der Waals surface area (Å²) in [5.74, 6) is 0.135. The molecule has 0 radical (unpaired) electrons. The Kier molecular flexibility index (Phi) is 2.99. The van der Waals surface area contributed by atoms with Gasteiger partial charge in [-0.1, -0.05) is 0 Å². The van der Waals surface area contributed by atoms with Crippen LogP contribution in [-0.2, 0) is 4.74 Å². The van der Waals surface area contributed by atoms with E-state index in [2.05, 4.69) is 4.98 Å². The number of nitrogens with zero attached hydrogens (tertiary/aromatic N) is 1. The Bertz CT molecular complexity index is 267. The largest absolute Gasteiger partial charge is 0.440 e. The second kappa shape index (κ2) is 4.01. The number of ether oxygens (including phenoxy) is 1. The molecule has 1 aromatic rings. The molecule has 4 heteroatoms. The van der Waals surface area contributed by atoms with Crippen LogP contribution in [0.1, 0.15) is 23.2 Å². The maximum absolute atomic E-state index is 11.2. The lowest BCUT2D eigenvalue weighted by Crippen LogP contribution is -2.09. The van der Waals surface area contributed by atoms with Crippen LogP contribution in [0.25, 0.3) is 0 Å². The van der Waals surface area contributed by atoms with Crippen molar-refractivity contribution in [3.8, 4) is 0 Å². The molecule has 0 spiro atoms. The summed E-state index contributed by atoms with van der Waals surface area (Å²) in [6.07, 6.45) is 1.26. The second-order valence-corrected chi connectivity index (χ2v) is 2.33. The molecule has 4 nitrogen and oxygen atoms in total. The number of ketones is 1. The molecule has 0 amide bonds. The summed E-state index contributed by atoms with van der Waals surface area (Å²) in [7, 11) is 0. The van der Waals surface area contributed by atoms with Crippen molar-refractivity contribution in [1.82, 2.24) is 4.98 Å². The van der Waals surface area contributed by atoms with Gasteiger partial charge in [0.05, 0.1) is 5.69 Å². The number of carbonyl (C=O) groups excluding carboxylic acids is 1. The van der Waals surface area contributed by atoms with Gasteiger partial charge in [-0.3, -0.25) is 4.79 Å². The van der Waals surface area contributed by atoms with Crippen LogP contribution < -0.4 is 0 Å². The van der Waals surface area contributed by atoms with Gasteiger partial charge in [-0.05, 0) is 13.8 Å². The van der Waals surface area contributed by atoms with Crippen molar-refractivity contribution in [1.29, 1.82) is 0 Å². The number of hydrogen-bond donors (Lipinski definition) is 0. The number of hydrogen-bond acceptors (Lipinski definition) is 4. The lowest BCUT2D eigenvalue weighted by atomic mass is 10.3. The third-order valence-corrected chi connectivity index (χ3v) is 1.44. The lowest BCUT2D eigenvalue weighted by Gasteiger charge is -1.97. The predicted octanol–water partition coefficient (Wildman–Crippen LogP) is 1.20. The van der Waals surface area contributed by atoms with E-state index in [1.54, 1.807) is 6.92 Å². The van der Waals surface area contributed by atoms with Gasteiger partial charge in [0.25, 0.3) is 0 Å². The fourth-order valence-corrected chi connectivity index (χ4v) is 0.830. The molecule has 0 unspecified atom stereocenters. The van der Waals surface area contributed by atoms with Crippen LogP contribution >= 0.6 is 0 Å². The molecular weight excluding hydrogens is 158 g/mol. The Morgan fingerprint density at radius 1 is 1.75 bits per heavy atom. The zero-order valence-corrected chi connectivity index (χ0v) is 7.16. The van der Waals surface area contributed by atoms with Gasteiger partial charge < -0.3 is 9.15 Å². The molecule has 1 aromatic heterocycles. The zero-order valence-electron chi connectivity index (χ0n) is 7.16. The van der Waals surface area contributed by atoms with Gasteiger partial charge in [-0.15, -0.1) is 0 Å². The molecule has 1 rings (SSSR count). The predicted molar refractivity (Wildman–Crippen MR) is 42.1 cm³/mol. The molecule has 0 N–H and O–H groups in total. The molecule has 0 aliphatic rings. The Morgan fingerprint density at radius 2 is 2.50 bits per heavy atom. The number of Topliss-reactive ketones (excluding diaryl/α,β-unsaturated/α-hetero) is 1. The molecular formula is C8H11NO3. The summed E-state index contributed by atoms with van der Waals surface area (Å²) in [6, 6.07) is 0. The smallest absolute Gasteiger partial charge is 0.225 e. The number of rotatable bonds is 4. The van der Waals surface area contributed by atoms with E-state index in [-0.39, 0.29) is 12.4 Å². The first-order valence-electron chi connectivity index (χ1n) is 3.76.